The van der Waals surface area contributed by atoms with Crippen LogP contribution in [0.1, 0.15) is 38.7 Å². The van der Waals surface area contributed by atoms with Crippen LogP contribution < -0.4 is 10.1 Å². The summed E-state index contributed by atoms with van der Waals surface area (Å²) in [6, 6.07) is 15.1. The molecule has 1 saturated heterocycles. The molecular weight excluding hydrogens is 362 g/mol. The molecule has 0 bridgehead atoms. The van der Waals surface area contributed by atoms with Crippen LogP contribution in [-0.4, -0.2) is 25.2 Å². The van der Waals surface area contributed by atoms with Gasteiger partial charge < -0.3 is 14.8 Å². The van der Waals surface area contributed by atoms with Gasteiger partial charge in [0.05, 0.1) is 11.5 Å². The lowest BCUT2D eigenvalue weighted by Gasteiger charge is -2.36. The van der Waals surface area contributed by atoms with Gasteiger partial charge in [0.25, 0.3) is 0 Å². The largest absolute Gasteiger partial charge is 0.491 e. The van der Waals surface area contributed by atoms with Crippen molar-refractivity contribution < 1.29 is 14.3 Å². The van der Waals surface area contributed by atoms with Crippen molar-refractivity contribution in [1.82, 2.24) is 0 Å². The molecule has 4 nitrogen and oxygen atoms in total. The molecule has 144 valence electrons. The van der Waals surface area contributed by atoms with Crippen LogP contribution in [0.5, 0.6) is 5.75 Å². The Hall–Kier alpha value is -2.04. The molecule has 0 radical (unpaired) electrons. The standard InChI is InChI=1S/C22H26ClNO3/c1-3-16(2)27-18-10-8-17(9-11-18)24-21(25)22(12-14-26-15-13-22)19-6-4-5-7-20(19)23/h4-11,16H,3,12-15H2,1-2H3,(H,24,25)/t16-/m0/s1. The van der Waals surface area contributed by atoms with Crippen LogP contribution in [-0.2, 0) is 14.9 Å². The molecular formula is C22H26ClNO3. The summed E-state index contributed by atoms with van der Waals surface area (Å²) in [4.78, 5) is 13.3. The maximum atomic E-state index is 13.3. The first-order valence-electron chi connectivity index (χ1n) is 9.46. The van der Waals surface area contributed by atoms with Gasteiger partial charge in [0.1, 0.15) is 5.75 Å². The van der Waals surface area contributed by atoms with Crippen LogP contribution in [0.15, 0.2) is 48.5 Å². The zero-order chi connectivity index (χ0) is 19.3. The van der Waals surface area contributed by atoms with Gasteiger partial charge >= 0.3 is 0 Å². The second kappa shape index (κ2) is 8.77. The van der Waals surface area contributed by atoms with E-state index in [2.05, 4.69) is 12.2 Å². The third-order valence-electron chi connectivity index (χ3n) is 5.19. The summed E-state index contributed by atoms with van der Waals surface area (Å²) in [5.41, 5.74) is 0.932. The monoisotopic (exact) mass is 387 g/mol. The number of benzene rings is 2. The van der Waals surface area contributed by atoms with Gasteiger partial charge in [-0.15, -0.1) is 0 Å². The molecule has 5 heteroatoms. The van der Waals surface area contributed by atoms with Gasteiger partial charge in [0.15, 0.2) is 0 Å². The van der Waals surface area contributed by atoms with Crippen molar-refractivity contribution in [3.05, 3.63) is 59.1 Å². The highest BCUT2D eigenvalue weighted by atomic mass is 35.5. The number of carbonyl (C=O) groups is 1. The Morgan fingerprint density at radius 2 is 1.85 bits per heavy atom. The number of hydrogen-bond donors (Lipinski definition) is 1. The zero-order valence-electron chi connectivity index (χ0n) is 15.8. The number of anilines is 1. The Kier molecular flexibility index (Phi) is 6.40. The summed E-state index contributed by atoms with van der Waals surface area (Å²) >= 11 is 6.44. The van der Waals surface area contributed by atoms with E-state index >= 15 is 0 Å². The fraction of sp³-hybridized carbons (Fsp3) is 0.409. The number of hydrogen-bond acceptors (Lipinski definition) is 3. The highest BCUT2D eigenvalue weighted by Gasteiger charge is 2.43. The predicted molar refractivity (Wildman–Crippen MR) is 109 cm³/mol. The van der Waals surface area contributed by atoms with Crippen molar-refractivity contribution in [2.45, 2.75) is 44.6 Å². The van der Waals surface area contributed by atoms with E-state index in [0.717, 1.165) is 23.4 Å². The topological polar surface area (TPSA) is 47.6 Å². The smallest absolute Gasteiger partial charge is 0.235 e. The first kappa shape index (κ1) is 19.7. The lowest BCUT2D eigenvalue weighted by molar-refractivity contribution is -0.125. The number of ether oxygens (including phenoxy) is 2. The highest BCUT2D eigenvalue weighted by molar-refractivity contribution is 6.31. The van der Waals surface area contributed by atoms with E-state index < -0.39 is 5.41 Å². The molecule has 27 heavy (non-hydrogen) atoms. The summed E-state index contributed by atoms with van der Waals surface area (Å²) in [5, 5.41) is 3.68. The van der Waals surface area contributed by atoms with E-state index in [1.54, 1.807) is 0 Å². The van der Waals surface area contributed by atoms with E-state index in [-0.39, 0.29) is 12.0 Å². The van der Waals surface area contributed by atoms with Crippen molar-refractivity contribution in [1.29, 1.82) is 0 Å². The van der Waals surface area contributed by atoms with E-state index in [0.29, 0.717) is 31.1 Å². The van der Waals surface area contributed by atoms with E-state index in [1.807, 2.05) is 55.5 Å². The summed E-state index contributed by atoms with van der Waals surface area (Å²) in [6.07, 6.45) is 2.33. The molecule has 1 N–H and O–H groups in total. The van der Waals surface area contributed by atoms with Gasteiger partial charge in [0, 0.05) is 23.9 Å². The van der Waals surface area contributed by atoms with Crippen LogP contribution in [0.25, 0.3) is 0 Å². The molecule has 0 saturated carbocycles. The third kappa shape index (κ3) is 4.45. The number of amides is 1. The Labute approximate surface area is 165 Å². The molecule has 1 heterocycles. The third-order valence-corrected chi connectivity index (χ3v) is 5.52. The molecule has 1 fully saturated rings. The SMILES string of the molecule is CC[C@H](C)Oc1ccc(NC(=O)C2(c3ccccc3Cl)CCOCC2)cc1. The molecule has 2 aromatic rings. The van der Waals surface area contributed by atoms with Gasteiger partial charge in [-0.2, -0.15) is 0 Å². The normalized spacial score (nSPS) is 17.1. The Bertz CT molecular complexity index is 769. The van der Waals surface area contributed by atoms with Gasteiger partial charge in [-0.25, -0.2) is 0 Å². The Balaban J connectivity index is 1.80. The second-order valence-electron chi connectivity index (χ2n) is 6.99. The summed E-state index contributed by atoms with van der Waals surface area (Å²) in [7, 11) is 0. The molecule has 0 spiro atoms. The van der Waals surface area contributed by atoms with Gasteiger partial charge in [-0.05, 0) is 62.1 Å². The van der Waals surface area contributed by atoms with Crippen molar-refractivity contribution in [3.63, 3.8) is 0 Å². The van der Waals surface area contributed by atoms with Crippen LogP contribution in [0.2, 0.25) is 5.02 Å². The number of rotatable bonds is 6. The van der Waals surface area contributed by atoms with Crippen molar-refractivity contribution in [2.75, 3.05) is 18.5 Å². The van der Waals surface area contributed by atoms with Crippen molar-refractivity contribution in [2.24, 2.45) is 0 Å². The lowest BCUT2D eigenvalue weighted by Crippen LogP contribution is -2.45. The molecule has 2 aromatic carbocycles. The van der Waals surface area contributed by atoms with Gasteiger partial charge in [-0.3, -0.25) is 4.79 Å². The quantitative estimate of drug-likeness (QED) is 0.740. The van der Waals surface area contributed by atoms with Crippen molar-refractivity contribution >= 4 is 23.2 Å². The fourth-order valence-corrected chi connectivity index (χ4v) is 3.69. The molecule has 1 aliphatic heterocycles. The number of nitrogens with one attached hydrogen (secondary N) is 1. The minimum Gasteiger partial charge on any atom is -0.491 e. The number of halogens is 1. The minimum atomic E-state index is -0.678. The summed E-state index contributed by atoms with van der Waals surface area (Å²) in [5.74, 6) is 0.753. The first-order valence-corrected chi connectivity index (χ1v) is 9.84. The Morgan fingerprint density at radius 1 is 1.19 bits per heavy atom. The molecule has 0 unspecified atom stereocenters. The van der Waals surface area contributed by atoms with Gasteiger partial charge in [-0.1, -0.05) is 36.7 Å². The van der Waals surface area contributed by atoms with Crippen LogP contribution >= 0.6 is 11.6 Å². The van der Waals surface area contributed by atoms with Crippen molar-refractivity contribution in [3.8, 4) is 5.75 Å². The van der Waals surface area contributed by atoms with Crippen LogP contribution in [0.3, 0.4) is 0 Å². The summed E-state index contributed by atoms with van der Waals surface area (Å²) < 4.78 is 11.3. The molecule has 1 atom stereocenters. The number of carbonyl (C=O) groups excluding carboxylic acids is 1. The second-order valence-corrected chi connectivity index (χ2v) is 7.40. The highest BCUT2D eigenvalue weighted by Crippen LogP contribution is 2.39. The van der Waals surface area contributed by atoms with E-state index in [4.69, 9.17) is 21.1 Å². The van der Waals surface area contributed by atoms with Gasteiger partial charge in [0.2, 0.25) is 5.91 Å². The first-order chi connectivity index (χ1) is 13.0. The maximum absolute atomic E-state index is 13.3. The summed E-state index contributed by atoms with van der Waals surface area (Å²) in [6.45, 7) is 5.20. The molecule has 0 aliphatic carbocycles. The minimum absolute atomic E-state index is 0.0468. The fourth-order valence-electron chi connectivity index (χ4n) is 3.37. The average molecular weight is 388 g/mol. The molecule has 3 rings (SSSR count). The van der Waals surface area contributed by atoms with E-state index in [9.17, 15) is 4.79 Å². The van der Waals surface area contributed by atoms with Crippen LogP contribution in [0, 0.1) is 0 Å². The van der Waals surface area contributed by atoms with Crippen LogP contribution in [0.4, 0.5) is 5.69 Å². The Morgan fingerprint density at radius 3 is 2.48 bits per heavy atom. The molecule has 1 aliphatic rings. The van der Waals surface area contributed by atoms with E-state index in [1.165, 1.54) is 0 Å². The maximum Gasteiger partial charge on any atom is 0.235 e. The lowest BCUT2D eigenvalue weighted by atomic mass is 9.73. The molecule has 1 amide bonds. The zero-order valence-corrected chi connectivity index (χ0v) is 16.6. The average Bonchev–Trinajstić information content (AvgIpc) is 2.70. The molecule has 0 aromatic heterocycles. The predicted octanol–water partition coefficient (Wildman–Crippen LogP) is 5.20.